The highest BCUT2D eigenvalue weighted by Gasteiger charge is 2.40. The van der Waals surface area contributed by atoms with Crippen molar-refractivity contribution in [2.75, 3.05) is 6.61 Å². The lowest BCUT2D eigenvalue weighted by Gasteiger charge is -2.21. The first-order valence-corrected chi connectivity index (χ1v) is 6.17. The molecule has 90 valence electrons. The molecule has 0 radical (unpaired) electrons. The monoisotopic (exact) mass is 224 g/mol. The van der Waals surface area contributed by atoms with Gasteiger partial charge in [0.15, 0.2) is 0 Å². The number of hydrazone groups is 1. The Hall–Kier alpha value is -1.06. The number of carbonyl (C=O) groups is 1. The van der Waals surface area contributed by atoms with Crippen molar-refractivity contribution in [3.8, 4) is 0 Å². The highest BCUT2D eigenvalue weighted by molar-refractivity contribution is 5.86. The highest BCUT2D eigenvalue weighted by atomic mass is 16.5. The summed E-state index contributed by atoms with van der Waals surface area (Å²) in [4.78, 5) is 11.1. The minimum absolute atomic E-state index is 0.383. The molecule has 2 rings (SSSR count). The fourth-order valence-corrected chi connectivity index (χ4v) is 3.14. The molecule has 2 aliphatic rings. The van der Waals surface area contributed by atoms with Crippen molar-refractivity contribution in [2.24, 2.45) is 22.9 Å². The smallest absolute Gasteiger partial charge is 0.427 e. The zero-order valence-corrected chi connectivity index (χ0v) is 10.0. The van der Waals surface area contributed by atoms with Crippen molar-refractivity contribution in [2.45, 2.75) is 39.5 Å². The summed E-state index contributed by atoms with van der Waals surface area (Å²) in [7, 11) is 0. The van der Waals surface area contributed by atoms with Crippen molar-refractivity contribution < 1.29 is 9.53 Å². The van der Waals surface area contributed by atoms with Gasteiger partial charge in [-0.2, -0.15) is 5.10 Å². The second kappa shape index (κ2) is 4.85. The molecule has 1 N–H and O–H groups in total. The summed E-state index contributed by atoms with van der Waals surface area (Å²) in [6.45, 7) is 4.18. The van der Waals surface area contributed by atoms with E-state index >= 15 is 0 Å². The van der Waals surface area contributed by atoms with Crippen LogP contribution in [0.5, 0.6) is 0 Å². The van der Waals surface area contributed by atoms with Crippen LogP contribution in [0.3, 0.4) is 0 Å². The van der Waals surface area contributed by atoms with Crippen molar-refractivity contribution >= 4 is 11.8 Å². The predicted molar refractivity (Wildman–Crippen MR) is 62.2 cm³/mol. The first-order valence-electron chi connectivity index (χ1n) is 6.17. The van der Waals surface area contributed by atoms with Crippen LogP contribution in [0.4, 0.5) is 4.79 Å². The summed E-state index contributed by atoms with van der Waals surface area (Å²) in [6.07, 6.45) is 4.88. The van der Waals surface area contributed by atoms with Gasteiger partial charge in [-0.15, -0.1) is 0 Å². The van der Waals surface area contributed by atoms with E-state index in [-0.39, 0.29) is 0 Å². The van der Waals surface area contributed by atoms with Gasteiger partial charge in [-0.25, -0.2) is 10.2 Å². The van der Waals surface area contributed by atoms with Gasteiger partial charge in [0.2, 0.25) is 0 Å². The summed E-state index contributed by atoms with van der Waals surface area (Å²) in [6, 6.07) is 0. The quantitative estimate of drug-likeness (QED) is 0.591. The normalized spacial score (nSPS) is 32.9. The Bertz CT molecular complexity index is 301. The van der Waals surface area contributed by atoms with E-state index in [1.54, 1.807) is 6.92 Å². The van der Waals surface area contributed by atoms with Gasteiger partial charge in [0, 0.05) is 11.6 Å². The molecule has 0 aliphatic heterocycles. The van der Waals surface area contributed by atoms with Crippen molar-refractivity contribution in [3.63, 3.8) is 0 Å². The van der Waals surface area contributed by atoms with Gasteiger partial charge in [-0.3, -0.25) is 0 Å². The average molecular weight is 224 g/mol. The summed E-state index contributed by atoms with van der Waals surface area (Å²) >= 11 is 0. The van der Waals surface area contributed by atoms with Gasteiger partial charge in [0.25, 0.3) is 0 Å². The minimum Gasteiger partial charge on any atom is -0.449 e. The van der Waals surface area contributed by atoms with Gasteiger partial charge in [-0.1, -0.05) is 6.42 Å². The van der Waals surface area contributed by atoms with Gasteiger partial charge < -0.3 is 4.74 Å². The molecule has 1 amide bonds. The molecular formula is C12H20N2O2. The summed E-state index contributed by atoms with van der Waals surface area (Å²) < 4.78 is 4.76. The number of fused-ring (bicyclic) bond motifs is 2. The second-order valence-electron chi connectivity index (χ2n) is 4.87. The molecule has 2 aliphatic carbocycles. The Balaban J connectivity index is 1.85. The predicted octanol–water partition coefficient (Wildman–Crippen LogP) is 2.54. The Morgan fingerprint density at radius 3 is 2.81 bits per heavy atom. The number of carbonyl (C=O) groups excluding carboxylic acids is 1. The van der Waals surface area contributed by atoms with E-state index in [2.05, 4.69) is 10.5 Å². The molecule has 4 nitrogen and oxygen atoms in total. The van der Waals surface area contributed by atoms with Gasteiger partial charge in [0.05, 0.1) is 6.61 Å². The Morgan fingerprint density at radius 2 is 2.25 bits per heavy atom. The maximum Gasteiger partial charge on any atom is 0.427 e. The van der Waals surface area contributed by atoms with Crippen LogP contribution in [0.15, 0.2) is 5.10 Å². The van der Waals surface area contributed by atoms with Crippen molar-refractivity contribution in [1.82, 2.24) is 5.43 Å². The zero-order chi connectivity index (χ0) is 11.5. The summed E-state index contributed by atoms with van der Waals surface area (Å²) in [5.41, 5.74) is 3.50. The third-order valence-corrected chi connectivity index (χ3v) is 3.87. The Labute approximate surface area is 96.4 Å². The van der Waals surface area contributed by atoms with E-state index in [1.165, 1.54) is 25.7 Å². The number of ether oxygens (including phenoxy) is 1. The van der Waals surface area contributed by atoms with Crippen LogP contribution in [0.1, 0.15) is 39.5 Å². The number of amides is 1. The molecule has 0 heterocycles. The van der Waals surface area contributed by atoms with E-state index in [9.17, 15) is 4.79 Å². The number of hydrogen-bond donors (Lipinski definition) is 1. The van der Waals surface area contributed by atoms with Crippen LogP contribution in [-0.2, 0) is 4.74 Å². The number of rotatable bonds is 3. The molecule has 2 saturated carbocycles. The molecule has 0 unspecified atom stereocenters. The maximum atomic E-state index is 11.1. The third kappa shape index (κ3) is 2.36. The largest absolute Gasteiger partial charge is 0.449 e. The van der Waals surface area contributed by atoms with Crippen molar-refractivity contribution in [1.29, 1.82) is 0 Å². The molecule has 0 aromatic carbocycles. The molecular weight excluding hydrogens is 204 g/mol. The standard InChI is InChI=1S/C12H20N2O2/c1-3-16-12(15)14-13-8(2)11-7-9-4-5-10(11)6-9/h9-11H,3-7H2,1-2H3,(H,14,15)/b13-8+/t9-,10+,11+/m0/s1. The fourth-order valence-electron chi connectivity index (χ4n) is 3.14. The van der Waals surface area contributed by atoms with Gasteiger partial charge >= 0.3 is 6.09 Å². The van der Waals surface area contributed by atoms with E-state index in [1.807, 2.05) is 6.92 Å². The van der Waals surface area contributed by atoms with Crippen molar-refractivity contribution in [3.05, 3.63) is 0 Å². The third-order valence-electron chi connectivity index (χ3n) is 3.87. The topological polar surface area (TPSA) is 50.7 Å². The molecule has 4 heteroatoms. The lowest BCUT2D eigenvalue weighted by molar-refractivity contribution is 0.152. The van der Waals surface area contributed by atoms with Crippen LogP contribution in [-0.4, -0.2) is 18.4 Å². The molecule has 0 saturated heterocycles. The molecule has 2 fully saturated rings. The summed E-state index contributed by atoms with van der Waals surface area (Å²) in [5, 5.41) is 4.14. The molecule has 0 aromatic heterocycles. The van der Waals surface area contributed by atoms with Gasteiger partial charge in [0.1, 0.15) is 0 Å². The van der Waals surface area contributed by atoms with E-state index in [0.29, 0.717) is 12.5 Å². The fraction of sp³-hybridized carbons (Fsp3) is 0.833. The lowest BCUT2D eigenvalue weighted by Crippen LogP contribution is -2.25. The Morgan fingerprint density at radius 1 is 1.44 bits per heavy atom. The number of hydrogen-bond acceptors (Lipinski definition) is 3. The SMILES string of the molecule is CCOC(=O)N/N=C(\C)[C@H]1C[C@H]2CC[C@@H]1C2. The molecule has 3 atom stereocenters. The van der Waals surface area contributed by atoms with E-state index < -0.39 is 6.09 Å². The average Bonchev–Trinajstić information content (AvgIpc) is 2.88. The summed E-state index contributed by atoms with van der Waals surface area (Å²) in [5.74, 6) is 2.29. The Kier molecular flexibility index (Phi) is 3.46. The first-order chi connectivity index (χ1) is 7.70. The van der Waals surface area contributed by atoms with Crippen LogP contribution in [0.2, 0.25) is 0 Å². The molecule has 0 spiro atoms. The molecule has 2 bridgehead atoms. The maximum absolute atomic E-state index is 11.1. The van der Waals surface area contributed by atoms with E-state index in [0.717, 1.165) is 17.5 Å². The number of nitrogens with zero attached hydrogens (tertiary/aromatic N) is 1. The van der Waals surface area contributed by atoms with E-state index in [4.69, 9.17) is 4.74 Å². The van der Waals surface area contributed by atoms with Crippen LogP contribution in [0.25, 0.3) is 0 Å². The van der Waals surface area contributed by atoms with Crippen LogP contribution < -0.4 is 5.43 Å². The first kappa shape index (κ1) is 11.4. The highest BCUT2D eigenvalue weighted by Crippen LogP contribution is 2.48. The van der Waals surface area contributed by atoms with Crippen LogP contribution >= 0.6 is 0 Å². The molecule has 0 aromatic rings. The zero-order valence-electron chi connectivity index (χ0n) is 10.0. The number of nitrogens with one attached hydrogen (secondary N) is 1. The van der Waals surface area contributed by atoms with Gasteiger partial charge in [-0.05, 0) is 44.9 Å². The minimum atomic E-state index is -0.454. The lowest BCUT2D eigenvalue weighted by atomic mass is 9.86. The second-order valence-corrected chi connectivity index (χ2v) is 4.87. The molecule has 16 heavy (non-hydrogen) atoms. The van der Waals surface area contributed by atoms with Crippen LogP contribution in [0, 0.1) is 17.8 Å².